The summed E-state index contributed by atoms with van der Waals surface area (Å²) < 4.78 is 0. The molecule has 0 atom stereocenters. The highest BCUT2D eigenvalue weighted by molar-refractivity contribution is 4.76. The van der Waals surface area contributed by atoms with Gasteiger partial charge in [0, 0.05) is 6.04 Å². The number of piperidine rings is 1. The van der Waals surface area contributed by atoms with E-state index in [0.717, 1.165) is 12.0 Å². The van der Waals surface area contributed by atoms with Gasteiger partial charge in [-0.1, -0.05) is 39.0 Å². The van der Waals surface area contributed by atoms with Crippen LogP contribution in [0.3, 0.4) is 0 Å². The molecule has 1 aliphatic carbocycles. The number of hydrogen-bond donors (Lipinski definition) is 1. The Labute approximate surface area is 114 Å². The third kappa shape index (κ3) is 4.89. The average Bonchev–Trinajstić information content (AvgIpc) is 2.38. The number of nitrogens with one attached hydrogen (secondary N) is 1. The average molecular weight is 252 g/mol. The zero-order valence-corrected chi connectivity index (χ0v) is 12.3. The molecule has 0 bridgehead atoms. The van der Waals surface area contributed by atoms with Crippen LogP contribution in [0, 0.1) is 5.92 Å². The quantitative estimate of drug-likeness (QED) is 0.825. The molecule has 1 aliphatic heterocycles. The van der Waals surface area contributed by atoms with Gasteiger partial charge in [-0.25, -0.2) is 0 Å². The Hall–Kier alpha value is -0.0800. The normalized spacial score (nSPS) is 25.8. The highest BCUT2D eigenvalue weighted by Gasteiger charge is 2.19. The molecule has 0 spiro atoms. The van der Waals surface area contributed by atoms with Crippen LogP contribution in [0.5, 0.6) is 0 Å². The van der Waals surface area contributed by atoms with Crippen molar-refractivity contribution in [3.05, 3.63) is 0 Å². The van der Waals surface area contributed by atoms with Crippen molar-refractivity contribution in [3.63, 3.8) is 0 Å². The van der Waals surface area contributed by atoms with Crippen molar-refractivity contribution in [1.82, 2.24) is 10.2 Å². The summed E-state index contributed by atoms with van der Waals surface area (Å²) >= 11 is 0. The summed E-state index contributed by atoms with van der Waals surface area (Å²) in [6, 6.07) is 0.828. The van der Waals surface area contributed by atoms with Crippen LogP contribution in [0.15, 0.2) is 0 Å². The molecule has 0 radical (unpaired) electrons. The summed E-state index contributed by atoms with van der Waals surface area (Å²) in [6.07, 6.45) is 13.0. The first kappa shape index (κ1) is 14.3. The maximum Gasteiger partial charge on any atom is 0.00671 e. The minimum atomic E-state index is 0.828. The smallest absolute Gasteiger partial charge is 0.00671 e. The summed E-state index contributed by atoms with van der Waals surface area (Å²) in [7, 11) is 0. The summed E-state index contributed by atoms with van der Waals surface area (Å²) in [5.74, 6) is 0.943. The van der Waals surface area contributed by atoms with Crippen LogP contribution < -0.4 is 5.32 Å². The summed E-state index contributed by atoms with van der Waals surface area (Å²) in [5.41, 5.74) is 0. The summed E-state index contributed by atoms with van der Waals surface area (Å²) in [4.78, 5) is 2.59. The van der Waals surface area contributed by atoms with Crippen LogP contribution in [-0.2, 0) is 0 Å². The van der Waals surface area contributed by atoms with Crippen LogP contribution in [0.4, 0.5) is 0 Å². The van der Waals surface area contributed by atoms with Gasteiger partial charge in [0.15, 0.2) is 0 Å². The first-order valence-corrected chi connectivity index (χ1v) is 8.34. The number of hydrogen-bond acceptors (Lipinski definition) is 2. The van der Waals surface area contributed by atoms with Crippen molar-refractivity contribution in [1.29, 1.82) is 0 Å². The van der Waals surface area contributed by atoms with E-state index < -0.39 is 0 Å². The Bertz CT molecular complexity index is 201. The molecule has 1 saturated heterocycles. The molecule has 1 N–H and O–H groups in total. The van der Waals surface area contributed by atoms with Crippen molar-refractivity contribution in [2.45, 2.75) is 70.8 Å². The van der Waals surface area contributed by atoms with Gasteiger partial charge < -0.3 is 10.2 Å². The molecule has 2 heteroatoms. The lowest BCUT2D eigenvalue weighted by atomic mass is 9.94. The van der Waals surface area contributed by atoms with Gasteiger partial charge in [0.1, 0.15) is 0 Å². The molecular formula is C16H32N2. The monoisotopic (exact) mass is 252 g/mol. The zero-order valence-electron chi connectivity index (χ0n) is 12.3. The van der Waals surface area contributed by atoms with E-state index in [9.17, 15) is 0 Å². The lowest BCUT2D eigenvalue weighted by Crippen LogP contribution is -2.40. The van der Waals surface area contributed by atoms with Gasteiger partial charge in [-0.3, -0.25) is 0 Å². The topological polar surface area (TPSA) is 15.3 Å². The predicted octanol–water partition coefficient (Wildman–Crippen LogP) is 3.42. The molecular weight excluding hydrogens is 220 g/mol. The van der Waals surface area contributed by atoms with Crippen molar-refractivity contribution in [2.24, 2.45) is 5.92 Å². The van der Waals surface area contributed by atoms with E-state index in [1.54, 1.807) is 0 Å². The molecule has 0 amide bonds. The Balaban J connectivity index is 1.61. The van der Waals surface area contributed by atoms with Gasteiger partial charge in [0.2, 0.25) is 0 Å². The van der Waals surface area contributed by atoms with Gasteiger partial charge in [-0.05, 0) is 57.8 Å². The minimum Gasteiger partial charge on any atom is -0.314 e. The van der Waals surface area contributed by atoms with Gasteiger partial charge in [0.05, 0.1) is 0 Å². The van der Waals surface area contributed by atoms with Gasteiger partial charge in [-0.15, -0.1) is 0 Å². The summed E-state index contributed by atoms with van der Waals surface area (Å²) in [5, 5.41) is 3.87. The molecule has 1 saturated carbocycles. The molecule has 18 heavy (non-hydrogen) atoms. The van der Waals surface area contributed by atoms with E-state index in [0.29, 0.717) is 0 Å². The number of nitrogens with zero attached hydrogens (tertiary/aromatic N) is 1. The van der Waals surface area contributed by atoms with Crippen LogP contribution in [0.2, 0.25) is 0 Å². The maximum atomic E-state index is 3.87. The fraction of sp³-hybridized carbons (Fsp3) is 1.00. The molecule has 106 valence electrons. The third-order valence-corrected chi connectivity index (χ3v) is 4.95. The highest BCUT2D eigenvalue weighted by atomic mass is 15.1. The zero-order chi connectivity index (χ0) is 12.6. The highest BCUT2D eigenvalue weighted by Crippen LogP contribution is 2.19. The Morgan fingerprint density at radius 3 is 2.11 bits per heavy atom. The third-order valence-electron chi connectivity index (χ3n) is 4.95. The fourth-order valence-electron chi connectivity index (χ4n) is 3.50. The van der Waals surface area contributed by atoms with E-state index in [2.05, 4.69) is 17.1 Å². The molecule has 2 rings (SSSR count). The largest absolute Gasteiger partial charge is 0.314 e. The molecule has 2 fully saturated rings. The van der Waals surface area contributed by atoms with E-state index >= 15 is 0 Å². The Morgan fingerprint density at radius 2 is 1.50 bits per heavy atom. The molecule has 0 unspecified atom stereocenters. The molecule has 2 aliphatic rings. The van der Waals surface area contributed by atoms with Crippen LogP contribution in [0.25, 0.3) is 0 Å². The molecule has 0 aromatic heterocycles. The minimum absolute atomic E-state index is 0.828. The molecule has 1 heterocycles. The first-order chi connectivity index (χ1) is 8.88. The second-order valence-electron chi connectivity index (χ2n) is 6.33. The van der Waals surface area contributed by atoms with E-state index in [4.69, 9.17) is 0 Å². The lowest BCUT2D eigenvalue weighted by Gasteiger charge is -2.32. The van der Waals surface area contributed by atoms with Crippen LogP contribution in [-0.4, -0.2) is 37.1 Å². The van der Waals surface area contributed by atoms with E-state index in [1.807, 2.05) is 0 Å². The van der Waals surface area contributed by atoms with E-state index in [1.165, 1.54) is 84.0 Å². The Morgan fingerprint density at radius 1 is 0.889 bits per heavy atom. The molecule has 0 aromatic rings. The van der Waals surface area contributed by atoms with Crippen LogP contribution >= 0.6 is 0 Å². The fourth-order valence-corrected chi connectivity index (χ4v) is 3.50. The predicted molar refractivity (Wildman–Crippen MR) is 78.9 cm³/mol. The Kier molecular flexibility index (Phi) is 6.50. The SMILES string of the molecule is CCN1CCC(CNC2CCCCCCC2)CC1. The van der Waals surface area contributed by atoms with Crippen molar-refractivity contribution < 1.29 is 0 Å². The molecule has 0 aromatic carbocycles. The summed E-state index contributed by atoms with van der Waals surface area (Å²) in [6.45, 7) is 7.46. The second-order valence-corrected chi connectivity index (χ2v) is 6.33. The van der Waals surface area contributed by atoms with Crippen molar-refractivity contribution in [2.75, 3.05) is 26.2 Å². The lowest BCUT2D eigenvalue weighted by molar-refractivity contribution is 0.186. The van der Waals surface area contributed by atoms with Crippen molar-refractivity contribution in [3.8, 4) is 0 Å². The second kappa shape index (κ2) is 8.16. The maximum absolute atomic E-state index is 3.87. The number of rotatable bonds is 4. The first-order valence-electron chi connectivity index (χ1n) is 8.34. The van der Waals surface area contributed by atoms with Crippen LogP contribution in [0.1, 0.15) is 64.7 Å². The van der Waals surface area contributed by atoms with Gasteiger partial charge in [-0.2, -0.15) is 0 Å². The van der Waals surface area contributed by atoms with Gasteiger partial charge >= 0.3 is 0 Å². The standard InChI is InChI=1S/C16H32N2/c1-2-18-12-10-15(11-13-18)14-17-16-8-6-4-3-5-7-9-16/h15-17H,2-14H2,1H3. The number of likely N-dealkylation sites (tertiary alicyclic amines) is 1. The van der Waals surface area contributed by atoms with Gasteiger partial charge in [0.25, 0.3) is 0 Å². The van der Waals surface area contributed by atoms with E-state index in [-0.39, 0.29) is 0 Å². The van der Waals surface area contributed by atoms with Crippen molar-refractivity contribution >= 4 is 0 Å². The molecule has 2 nitrogen and oxygen atoms in total.